The molecule has 1 N–H and O–H groups in total. The van der Waals surface area contributed by atoms with Gasteiger partial charge in [-0.25, -0.2) is 9.18 Å². The predicted octanol–water partition coefficient (Wildman–Crippen LogP) is 2.28. The monoisotopic (exact) mass is 333 g/mol. The van der Waals surface area contributed by atoms with E-state index in [1.165, 1.54) is 24.3 Å². The number of urea groups is 1. The number of nitrogens with zero attached hydrogens (tertiary/aromatic N) is 2. The van der Waals surface area contributed by atoms with Crippen LogP contribution in [0.25, 0.3) is 0 Å². The molecule has 0 spiro atoms. The summed E-state index contributed by atoms with van der Waals surface area (Å²) < 4.78 is 12.9. The van der Waals surface area contributed by atoms with Gasteiger partial charge in [0.2, 0.25) is 0 Å². The molecule has 1 aliphatic carbocycles. The maximum atomic E-state index is 12.9. The van der Waals surface area contributed by atoms with Crippen molar-refractivity contribution >= 4 is 11.8 Å². The number of Topliss-reactive ketones (excluding diaryl/α,β-unsaturated/α-hetero) is 1. The number of hydrogen-bond acceptors (Lipinski definition) is 3. The van der Waals surface area contributed by atoms with Crippen molar-refractivity contribution in [3.63, 3.8) is 0 Å². The molecular formula is C18H24FN3O2. The highest BCUT2D eigenvalue weighted by Gasteiger charge is 2.27. The molecule has 1 heterocycles. The summed E-state index contributed by atoms with van der Waals surface area (Å²) in [4.78, 5) is 28.2. The molecular weight excluding hydrogens is 309 g/mol. The molecule has 0 bridgehead atoms. The molecule has 2 aliphatic rings. The van der Waals surface area contributed by atoms with Crippen LogP contribution < -0.4 is 5.32 Å². The normalized spacial score (nSPS) is 18.5. The third-order valence-corrected chi connectivity index (χ3v) is 4.61. The molecule has 2 fully saturated rings. The summed E-state index contributed by atoms with van der Waals surface area (Å²) in [7, 11) is 0. The summed E-state index contributed by atoms with van der Waals surface area (Å²) in [5.74, 6) is -0.271. The van der Waals surface area contributed by atoms with Crippen molar-refractivity contribution in [2.75, 3.05) is 32.7 Å². The first kappa shape index (κ1) is 16.9. The van der Waals surface area contributed by atoms with Gasteiger partial charge in [0.05, 0.1) is 0 Å². The largest absolute Gasteiger partial charge is 0.335 e. The molecule has 1 aromatic carbocycles. The van der Waals surface area contributed by atoms with Crippen LogP contribution in [0.15, 0.2) is 24.3 Å². The fourth-order valence-corrected chi connectivity index (χ4v) is 2.91. The van der Waals surface area contributed by atoms with Gasteiger partial charge in [0.15, 0.2) is 5.78 Å². The van der Waals surface area contributed by atoms with E-state index < -0.39 is 0 Å². The van der Waals surface area contributed by atoms with Crippen molar-refractivity contribution in [2.24, 2.45) is 0 Å². The van der Waals surface area contributed by atoms with Crippen molar-refractivity contribution in [1.29, 1.82) is 0 Å². The summed E-state index contributed by atoms with van der Waals surface area (Å²) >= 11 is 0. The van der Waals surface area contributed by atoms with Crippen LogP contribution >= 0.6 is 0 Å². The lowest BCUT2D eigenvalue weighted by molar-refractivity contribution is 0.0968. The SMILES string of the molecule is O=C(CCCN1CCN(C(=O)NC2CC2)CC1)c1ccc(F)cc1. The van der Waals surface area contributed by atoms with Gasteiger partial charge < -0.3 is 10.2 Å². The Morgan fingerprint density at radius 1 is 1.08 bits per heavy atom. The molecule has 2 amide bonds. The second kappa shape index (κ2) is 7.75. The van der Waals surface area contributed by atoms with E-state index in [1.807, 2.05) is 4.90 Å². The van der Waals surface area contributed by atoms with Gasteiger partial charge in [-0.3, -0.25) is 9.69 Å². The Morgan fingerprint density at radius 2 is 1.75 bits per heavy atom. The number of halogens is 1. The molecule has 1 aromatic rings. The predicted molar refractivity (Wildman–Crippen MR) is 89.5 cm³/mol. The minimum Gasteiger partial charge on any atom is -0.335 e. The number of carbonyl (C=O) groups is 2. The fourth-order valence-electron chi connectivity index (χ4n) is 2.91. The molecule has 0 radical (unpaired) electrons. The molecule has 24 heavy (non-hydrogen) atoms. The lowest BCUT2D eigenvalue weighted by Crippen LogP contribution is -2.52. The number of nitrogens with one attached hydrogen (secondary N) is 1. The van der Waals surface area contributed by atoms with Crippen LogP contribution in [0.3, 0.4) is 0 Å². The van der Waals surface area contributed by atoms with Gasteiger partial charge in [-0.05, 0) is 50.1 Å². The number of rotatable bonds is 6. The fraction of sp³-hybridized carbons (Fsp3) is 0.556. The van der Waals surface area contributed by atoms with E-state index in [4.69, 9.17) is 0 Å². The maximum Gasteiger partial charge on any atom is 0.317 e. The number of ketones is 1. The van der Waals surface area contributed by atoms with E-state index in [1.54, 1.807) is 0 Å². The number of benzene rings is 1. The van der Waals surface area contributed by atoms with E-state index in [-0.39, 0.29) is 17.6 Å². The van der Waals surface area contributed by atoms with Crippen LogP contribution in [-0.2, 0) is 0 Å². The number of hydrogen-bond donors (Lipinski definition) is 1. The Morgan fingerprint density at radius 3 is 2.38 bits per heavy atom. The molecule has 130 valence electrons. The van der Waals surface area contributed by atoms with Gasteiger partial charge in [0.25, 0.3) is 0 Å². The second-order valence-corrected chi connectivity index (χ2v) is 6.59. The Hall–Kier alpha value is -1.95. The number of piperazine rings is 1. The smallest absolute Gasteiger partial charge is 0.317 e. The summed E-state index contributed by atoms with van der Waals surface area (Å²) in [6.45, 7) is 4.03. The van der Waals surface area contributed by atoms with Crippen LogP contribution in [-0.4, -0.2) is 60.4 Å². The van der Waals surface area contributed by atoms with Crippen LogP contribution in [0.4, 0.5) is 9.18 Å². The van der Waals surface area contributed by atoms with E-state index in [9.17, 15) is 14.0 Å². The summed E-state index contributed by atoms with van der Waals surface area (Å²) in [5, 5.41) is 3.02. The van der Waals surface area contributed by atoms with Crippen molar-refractivity contribution in [2.45, 2.75) is 31.7 Å². The Labute approximate surface area is 141 Å². The zero-order valence-corrected chi connectivity index (χ0v) is 13.8. The van der Waals surface area contributed by atoms with E-state index >= 15 is 0 Å². The third-order valence-electron chi connectivity index (χ3n) is 4.61. The van der Waals surface area contributed by atoms with Crippen LogP contribution in [0.5, 0.6) is 0 Å². The molecule has 1 saturated heterocycles. The summed E-state index contributed by atoms with van der Waals surface area (Å²) in [6.07, 6.45) is 3.46. The zero-order chi connectivity index (χ0) is 16.9. The molecule has 0 unspecified atom stereocenters. The number of carbonyl (C=O) groups excluding carboxylic acids is 2. The van der Waals surface area contributed by atoms with E-state index in [0.29, 0.717) is 18.0 Å². The molecule has 5 nitrogen and oxygen atoms in total. The first-order valence-electron chi connectivity index (χ1n) is 8.68. The van der Waals surface area contributed by atoms with Crippen LogP contribution in [0, 0.1) is 5.82 Å². The Balaban J connectivity index is 1.33. The van der Waals surface area contributed by atoms with E-state index in [0.717, 1.165) is 52.0 Å². The highest BCUT2D eigenvalue weighted by atomic mass is 19.1. The van der Waals surface area contributed by atoms with Crippen molar-refractivity contribution in [1.82, 2.24) is 15.1 Å². The van der Waals surface area contributed by atoms with Gasteiger partial charge in [-0.15, -0.1) is 0 Å². The van der Waals surface area contributed by atoms with Crippen molar-refractivity contribution < 1.29 is 14.0 Å². The zero-order valence-electron chi connectivity index (χ0n) is 13.8. The third kappa shape index (κ3) is 4.77. The second-order valence-electron chi connectivity index (χ2n) is 6.59. The van der Waals surface area contributed by atoms with Crippen molar-refractivity contribution in [3.8, 4) is 0 Å². The van der Waals surface area contributed by atoms with Gasteiger partial charge in [-0.1, -0.05) is 0 Å². The Bertz CT molecular complexity index is 578. The first-order valence-corrected chi connectivity index (χ1v) is 8.68. The van der Waals surface area contributed by atoms with Crippen molar-refractivity contribution in [3.05, 3.63) is 35.6 Å². The lowest BCUT2D eigenvalue weighted by atomic mass is 10.1. The summed E-state index contributed by atoms with van der Waals surface area (Å²) in [5.41, 5.74) is 0.568. The quantitative estimate of drug-likeness (QED) is 0.813. The molecule has 0 aromatic heterocycles. The molecule has 6 heteroatoms. The van der Waals surface area contributed by atoms with Gasteiger partial charge in [0, 0.05) is 44.2 Å². The molecule has 1 aliphatic heterocycles. The topological polar surface area (TPSA) is 52.7 Å². The highest BCUT2D eigenvalue weighted by Crippen LogP contribution is 2.19. The molecule has 3 rings (SSSR count). The minimum atomic E-state index is -0.324. The first-order chi connectivity index (χ1) is 11.6. The average molecular weight is 333 g/mol. The number of amides is 2. The molecule has 0 atom stereocenters. The standard InChI is InChI=1S/C18H24FN3O2/c19-15-5-3-14(4-6-15)17(23)2-1-9-21-10-12-22(13-11-21)18(24)20-16-7-8-16/h3-6,16H,1-2,7-13H2,(H,20,24). The Kier molecular flexibility index (Phi) is 5.45. The van der Waals surface area contributed by atoms with Crippen LogP contribution in [0.2, 0.25) is 0 Å². The lowest BCUT2D eigenvalue weighted by Gasteiger charge is -2.34. The minimum absolute atomic E-state index is 0.0532. The van der Waals surface area contributed by atoms with Gasteiger partial charge in [0.1, 0.15) is 5.82 Å². The highest BCUT2D eigenvalue weighted by molar-refractivity contribution is 5.95. The maximum absolute atomic E-state index is 12.9. The van der Waals surface area contributed by atoms with Gasteiger partial charge >= 0.3 is 6.03 Å². The molecule has 1 saturated carbocycles. The average Bonchev–Trinajstić information content (AvgIpc) is 3.40. The van der Waals surface area contributed by atoms with Gasteiger partial charge in [-0.2, -0.15) is 0 Å². The van der Waals surface area contributed by atoms with Crippen LogP contribution in [0.1, 0.15) is 36.0 Å². The summed E-state index contributed by atoms with van der Waals surface area (Å²) in [6, 6.07) is 6.17. The van der Waals surface area contributed by atoms with E-state index in [2.05, 4.69) is 10.2 Å².